The van der Waals surface area contributed by atoms with E-state index < -0.39 is 6.04 Å². The van der Waals surface area contributed by atoms with Gasteiger partial charge >= 0.3 is 6.03 Å². The maximum absolute atomic E-state index is 12.7. The summed E-state index contributed by atoms with van der Waals surface area (Å²) in [5.74, 6) is -0.0372. The zero-order chi connectivity index (χ0) is 16.2. The number of aromatic nitrogens is 1. The molecule has 6 nitrogen and oxygen atoms in total. The topological polar surface area (TPSA) is 65.5 Å². The maximum Gasteiger partial charge on any atom is 0.318 e. The fraction of sp³-hybridized carbons (Fsp3) is 0.588. The molecule has 3 amide bonds. The van der Waals surface area contributed by atoms with Crippen LogP contribution in [0.5, 0.6) is 0 Å². The molecule has 0 bridgehead atoms. The fourth-order valence-electron chi connectivity index (χ4n) is 3.09. The largest absolute Gasteiger partial charge is 0.326 e. The molecule has 1 saturated carbocycles. The molecule has 124 valence electrons. The highest BCUT2D eigenvalue weighted by Gasteiger charge is 2.36. The molecule has 2 heterocycles. The summed E-state index contributed by atoms with van der Waals surface area (Å²) in [5, 5.41) is 2.95. The Morgan fingerprint density at radius 3 is 2.91 bits per heavy atom. The molecule has 2 fully saturated rings. The summed E-state index contributed by atoms with van der Waals surface area (Å²) in [6, 6.07) is 3.53. The Balaban J connectivity index is 1.65. The van der Waals surface area contributed by atoms with Gasteiger partial charge in [0, 0.05) is 25.3 Å². The lowest BCUT2D eigenvalue weighted by Crippen LogP contribution is -2.55. The average Bonchev–Trinajstić information content (AvgIpc) is 3.40. The molecule has 1 saturated heterocycles. The molecule has 23 heavy (non-hydrogen) atoms. The number of amides is 3. The predicted molar refractivity (Wildman–Crippen MR) is 88.2 cm³/mol. The second kappa shape index (κ2) is 6.98. The van der Waals surface area contributed by atoms with Crippen molar-refractivity contribution >= 4 is 17.6 Å². The highest BCUT2D eigenvalue weighted by atomic mass is 16.2. The number of anilines is 1. The molecule has 1 N–H and O–H groups in total. The SMILES string of the molecule is CCCN(C(=O)NC1CCCN(c2cccnc2)C1=O)C1CC1. The van der Waals surface area contributed by atoms with Gasteiger partial charge < -0.3 is 15.1 Å². The van der Waals surface area contributed by atoms with Crippen LogP contribution in [-0.4, -0.2) is 47.0 Å². The normalized spacial score (nSPS) is 21.2. The van der Waals surface area contributed by atoms with Crippen LogP contribution in [0.15, 0.2) is 24.5 Å². The Bertz CT molecular complexity index is 559. The Morgan fingerprint density at radius 2 is 2.26 bits per heavy atom. The van der Waals surface area contributed by atoms with Crippen molar-refractivity contribution in [2.24, 2.45) is 0 Å². The summed E-state index contributed by atoms with van der Waals surface area (Å²) in [4.78, 5) is 32.9. The van der Waals surface area contributed by atoms with Gasteiger partial charge in [0.15, 0.2) is 0 Å². The lowest BCUT2D eigenvalue weighted by molar-refractivity contribution is -0.121. The van der Waals surface area contributed by atoms with Gasteiger partial charge in [0.05, 0.1) is 11.9 Å². The maximum atomic E-state index is 12.7. The number of carbonyl (C=O) groups excluding carboxylic acids is 2. The van der Waals surface area contributed by atoms with E-state index >= 15 is 0 Å². The number of piperidine rings is 1. The fourth-order valence-corrected chi connectivity index (χ4v) is 3.09. The van der Waals surface area contributed by atoms with Crippen molar-refractivity contribution in [1.82, 2.24) is 15.2 Å². The number of nitrogens with one attached hydrogen (secondary N) is 1. The number of rotatable bonds is 5. The molecule has 6 heteroatoms. The van der Waals surface area contributed by atoms with Crippen molar-refractivity contribution < 1.29 is 9.59 Å². The number of carbonyl (C=O) groups is 2. The average molecular weight is 316 g/mol. The molecule has 1 atom stereocenters. The molecule has 0 aromatic carbocycles. The van der Waals surface area contributed by atoms with Crippen LogP contribution >= 0.6 is 0 Å². The van der Waals surface area contributed by atoms with Gasteiger partial charge in [-0.25, -0.2) is 4.79 Å². The van der Waals surface area contributed by atoms with Crippen molar-refractivity contribution in [3.05, 3.63) is 24.5 Å². The van der Waals surface area contributed by atoms with Crippen LogP contribution in [0.4, 0.5) is 10.5 Å². The standard InChI is InChI=1S/C17H24N4O2/c1-2-10-21(13-7-8-13)17(23)19-15-6-4-11-20(16(15)22)14-5-3-9-18-12-14/h3,5,9,12-13,15H,2,4,6-8,10-11H2,1H3,(H,19,23). The Morgan fingerprint density at radius 1 is 1.43 bits per heavy atom. The first-order valence-corrected chi connectivity index (χ1v) is 8.49. The first kappa shape index (κ1) is 15.8. The second-order valence-corrected chi connectivity index (χ2v) is 6.27. The number of urea groups is 1. The zero-order valence-corrected chi connectivity index (χ0v) is 13.6. The van der Waals surface area contributed by atoms with Gasteiger partial charge in [-0.3, -0.25) is 9.78 Å². The first-order valence-electron chi connectivity index (χ1n) is 8.49. The highest BCUT2D eigenvalue weighted by Crippen LogP contribution is 2.27. The summed E-state index contributed by atoms with van der Waals surface area (Å²) in [5.41, 5.74) is 0.795. The number of hydrogen-bond donors (Lipinski definition) is 1. The van der Waals surface area contributed by atoms with E-state index in [0.29, 0.717) is 19.0 Å². The van der Waals surface area contributed by atoms with E-state index in [1.807, 2.05) is 17.0 Å². The number of nitrogens with zero attached hydrogens (tertiary/aromatic N) is 3. The summed E-state index contributed by atoms with van der Waals surface area (Å²) in [6.45, 7) is 3.50. The van der Waals surface area contributed by atoms with Crippen LogP contribution in [-0.2, 0) is 4.79 Å². The molecule has 2 aliphatic rings. The van der Waals surface area contributed by atoms with Gasteiger partial charge in [0.2, 0.25) is 5.91 Å². The minimum absolute atomic E-state index is 0.0372. The Labute approximate surface area is 136 Å². The third kappa shape index (κ3) is 3.63. The van der Waals surface area contributed by atoms with Crippen LogP contribution in [0.3, 0.4) is 0 Å². The zero-order valence-electron chi connectivity index (χ0n) is 13.6. The Hall–Kier alpha value is -2.11. The second-order valence-electron chi connectivity index (χ2n) is 6.27. The molecular weight excluding hydrogens is 292 g/mol. The summed E-state index contributed by atoms with van der Waals surface area (Å²) >= 11 is 0. The Kier molecular flexibility index (Phi) is 4.79. The van der Waals surface area contributed by atoms with E-state index in [1.54, 1.807) is 17.3 Å². The van der Waals surface area contributed by atoms with Crippen LogP contribution < -0.4 is 10.2 Å². The van der Waals surface area contributed by atoms with Crippen molar-refractivity contribution in [2.45, 2.75) is 51.1 Å². The van der Waals surface area contributed by atoms with Crippen molar-refractivity contribution in [3.63, 3.8) is 0 Å². The molecule has 0 radical (unpaired) electrons. The first-order chi connectivity index (χ1) is 11.2. The van der Waals surface area contributed by atoms with Gasteiger partial charge in [0.1, 0.15) is 6.04 Å². The predicted octanol–water partition coefficient (Wildman–Crippen LogP) is 2.16. The van der Waals surface area contributed by atoms with Gasteiger partial charge in [-0.05, 0) is 44.2 Å². The van der Waals surface area contributed by atoms with E-state index in [2.05, 4.69) is 17.2 Å². The monoisotopic (exact) mass is 316 g/mol. The third-order valence-electron chi connectivity index (χ3n) is 4.41. The summed E-state index contributed by atoms with van der Waals surface area (Å²) in [6.07, 6.45) is 8.05. The molecule has 1 aliphatic heterocycles. The summed E-state index contributed by atoms with van der Waals surface area (Å²) < 4.78 is 0. The molecule has 3 rings (SSSR count). The van der Waals surface area contributed by atoms with E-state index in [4.69, 9.17) is 0 Å². The molecule has 1 unspecified atom stereocenters. The van der Waals surface area contributed by atoms with Crippen molar-refractivity contribution in [2.75, 3.05) is 18.0 Å². The number of pyridine rings is 1. The van der Waals surface area contributed by atoms with Crippen molar-refractivity contribution in [1.29, 1.82) is 0 Å². The minimum atomic E-state index is -0.436. The lowest BCUT2D eigenvalue weighted by Gasteiger charge is -2.33. The van der Waals surface area contributed by atoms with Gasteiger partial charge in [-0.1, -0.05) is 6.92 Å². The van der Waals surface area contributed by atoms with Crippen LogP contribution in [0.25, 0.3) is 0 Å². The number of hydrogen-bond acceptors (Lipinski definition) is 3. The van der Waals surface area contributed by atoms with E-state index in [9.17, 15) is 9.59 Å². The lowest BCUT2D eigenvalue weighted by atomic mass is 10.0. The van der Waals surface area contributed by atoms with E-state index in [-0.39, 0.29) is 11.9 Å². The van der Waals surface area contributed by atoms with Gasteiger partial charge in [0.25, 0.3) is 0 Å². The molecule has 1 aromatic heterocycles. The highest BCUT2D eigenvalue weighted by molar-refractivity contribution is 5.99. The van der Waals surface area contributed by atoms with Gasteiger partial charge in [-0.15, -0.1) is 0 Å². The summed E-state index contributed by atoms with van der Waals surface area (Å²) in [7, 11) is 0. The molecule has 1 aromatic rings. The smallest absolute Gasteiger partial charge is 0.318 e. The molecule has 0 spiro atoms. The quantitative estimate of drug-likeness (QED) is 0.905. The van der Waals surface area contributed by atoms with Crippen LogP contribution in [0.2, 0.25) is 0 Å². The van der Waals surface area contributed by atoms with Gasteiger partial charge in [-0.2, -0.15) is 0 Å². The van der Waals surface area contributed by atoms with Crippen LogP contribution in [0.1, 0.15) is 39.0 Å². The third-order valence-corrected chi connectivity index (χ3v) is 4.41. The van der Waals surface area contributed by atoms with Crippen LogP contribution in [0, 0.1) is 0 Å². The molecular formula is C17H24N4O2. The van der Waals surface area contributed by atoms with E-state index in [1.165, 1.54) is 0 Å². The minimum Gasteiger partial charge on any atom is -0.326 e. The van der Waals surface area contributed by atoms with Crippen molar-refractivity contribution in [3.8, 4) is 0 Å². The van der Waals surface area contributed by atoms with E-state index in [0.717, 1.165) is 37.9 Å². The molecule has 1 aliphatic carbocycles.